The number of fused-ring (bicyclic) bond motifs is 2. The molecule has 0 spiro atoms. The van der Waals surface area contributed by atoms with Gasteiger partial charge in [0.25, 0.3) is 0 Å². The van der Waals surface area contributed by atoms with Gasteiger partial charge in [0, 0.05) is 18.8 Å². The summed E-state index contributed by atoms with van der Waals surface area (Å²) in [5, 5.41) is 14.5. The van der Waals surface area contributed by atoms with Gasteiger partial charge in [0.2, 0.25) is 0 Å². The highest BCUT2D eigenvalue weighted by Gasteiger charge is 2.17. The third-order valence-corrected chi connectivity index (χ3v) is 5.61. The lowest BCUT2D eigenvalue weighted by Gasteiger charge is -2.26. The highest BCUT2D eigenvalue weighted by atomic mass is 16.3. The molecule has 0 aliphatic carbocycles. The summed E-state index contributed by atoms with van der Waals surface area (Å²) in [5.41, 5.74) is 3.17. The van der Waals surface area contributed by atoms with Crippen LogP contribution in [0.4, 0.5) is 5.69 Å². The van der Waals surface area contributed by atoms with Gasteiger partial charge >= 0.3 is 0 Å². The fourth-order valence-corrected chi connectivity index (χ4v) is 4.25. The summed E-state index contributed by atoms with van der Waals surface area (Å²) in [6, 6.07) is 8.80. The average molecular weight is 362 g/mol. The van der Waals surface area contributed by atoms with Crippen molar-refractivity contribution in [2.45, 2.75) is 19.3 Å². The number of nitrogens with one attached hydrogen (secondary N) is 1. The van der Waals surface area contributed by atoms with E-state index in [0.717, 1.165) is 48.4 Å². The van der Waals surface area contributed by atoms with Crippen molar-refractivity contribution < 1.29 is 5.11 Å². The maximum Gasteiger partial charge on any atom is 0.199 e. The first-order chi connectivity index (χ1) is 13.2. The van der Waals surface area contributed by atoms with E-state index in [2.05, 4.69) is 15.2 Å². The van der Waals surface area contributed by atoms with E-state index in [1.54, 1.807) is 18.5 Å². The lowest BCUT2D eigenvalue weighted by atomic mass is 10.1. The number of phenols is 1. The van der Waals surface area contributed by atoms with Crippen molar-refractivity contribution >= 4 is 33.0 Å². The highest BCUT2D eigenvalue weighted by Crippen LogP contribution is 2.29. The SMILES string of the molecule is O=c1c2cc(O)ccc2n2cnc3ccc(NCCN4CCCCC4)c1c32. The minimum atomic E-state index is -0.0695. The van der Waals surface area contributed by atoms with Crippen molar-refractivity contribution in [3.63, 3.8) is 0 Å². The number of rotatable bonds is 4. The number of likely N-dealkylation sites (tertiary alicyclic amines) is 1. The van der Waals surface area contributed by atoms with Gasteiger partial charge in [0.15, 0.2) is 5.43 Å². The molecule has 6 nitrogen and oxygen atoms in total. The Hall–Kier alpha value is -2.86. The van der Waals surface area contributed by atoms with Gasteiger partial charge in [-0.3, -0.25) is 9.20 Å². The molecule has 0 atom stereocenters. The van der Waals surface area contributed by atoms with E-state index < -0.39 is 0 Å². The molecular weight excluding hydrogens is 340 g/mol. The number of nitrogens with zero attached hydrogens (tertiary/aromatic N) is 3. The zero-order chi connectivity index (χ0) is 18.4. The first-order valence-corrected chi connectivity index (χ1v) is 9.57. The molecular formula is C21H22N4O2. The largest absolute Gasteiger partial charge is 0.508 e. The molecule has 5 rings (SSSR count). The highest BCUT2D eigenvalue weighted by molar-refractivity contribution is 6.07. The van der Waals surface area contributed by atoms with E-state index in [9.17, 15) is 9.90 Å². The second-order valence-corrected chi connectivity index (χ2v) is 7.33. The smallest absolute Gasteiger partial charge is 0.199 e. The molecule has 0 bridgehead atoms. The number of piperidine rings is 1. The lowest BCUT2D eigenvalue weighted by Crippen LogP contribution is -2.33. The predicted molar refractivity (Wildman–Crippen MR) is 108 cm³/mol. The van der Waals surface area contributed by atoms with Crippen LogP contribution in [0, 0.1) is 0 Å². The minimum absolute atomic E-state index is 0.0695. The van der Waals surface area contributed by atoms with Crippen LogP contribution >= 0.6 is 0 Å². The number of aromatic nitrogens is 2. The van der Waals surface area contributed by atoms with Crippen LogP contribution in [0.25, 0.3) is 27.3 Å². The molecule has 1 fully saturated rings. The van der Waals surface area contributed by atoms with Gasteiger partial charge < -0.3 is 15.3 Å². The quantitative estimate of drug-likeness (QED) is 0.546. The van der Waals surface area contributed by atoms with E-state index in [4.69, 9.17) is 0 Å². The summed E-state index contributed by atoms with van der Waals surface area (Å²) in [6.07, 6.45) is 5.62. The number of phenolic OH excluding ortho intramolecular Hbond substituents is 1. The number of benzene rings is 2. The van der Waals surface area contributed by atoms with Crippen LogP contribution in [0.2, 0.25) is 0 Å². The van der Waals surface area contributed by atoms with Gasteiger partial charge in [-0.05, 0) is 56.3 Å². The Bertz CT molecular complexity index is 1180. The Labute approximate surface area is 156 Å². The molecule has 4 aromatic rings. The van der Waals surface area contributed by atoms with Gasteiger partial charge in [-0.15, -0.1) is 0 Å². The number of hydrogen-bond acceptors (Lipinski definition) is 5. The van der Waals surface area contributed by atoms with Crippen molar-refractivity contribution in [1.29, 1.82) is 0 Å². The van der Waals surface area contributed by atoms with Crippen molar-refractivity contribution in [1.82, 2.24) is 14.3 Å². The van der Waals surface area contributed by atoms with Crippen molar-refractivity contribution in [2.75, 3.05) is 31.5 Å². The van der Waals surface area contributed by atoms with Crippen molar-refractivity contribution in [3.05, 3.63) is 46.9 Å². The maximum absolute atomic E-state index is 13.2. The topological polar surface area (TPSA) is 69.9 Å². The van der Waals surface area contributed by atoms with Gasteiger partial charge in [-0.1, -0.05) is 6.42 Å². The van der Waals surface area contributed by atoms with Crippen LogP contribution in [-0.2, 0) is 0 Å². The molecule has 0 amide bonds. The van der Waals surface area contributed by atoms with E-state index in [-0.39, 0.29) is 11.2 Å². The number of aromatic hydroxyl groups is 1. The number of imidazole rings is 1. The number of pyridine rings is 1. The molecule has 27 heavy (non-hydrogen) atoms. The lowest BCUT2D eigenvalue weighted by molar-refractivity contribution is 0.237. The fraction of sp³-hybridized carbons (Fsp3) is 0.333. The Balaban J connectivity index is 1.58. The van der Waals surface area contributed by atoms with Crippen LogP contribution in [0.5, 0.6) is 5.75 Å². The van der Waals surface area contributed by atoms with Crippen LogP contribution in [-0.4, -0.2) is 45.6 Å². The standard InChI is InChI=1S/C21H22N4O2/c26-14-4-7-18-15(12-14)21(27)19-16(5-6-17-20(19)25(18)13-23-17)22-8-11-24-9-2-1-3-10-24/h4-7,12-13,22,26H,1-3,8-11H2. The first-order valence-electron chi connectivity index (χ1n) is 9.57. The molecule has 0 radical (unpaired) electrons. The Kier molecular flexibility index (Phi) is 3.86. The molecule has 1 aliphatic heterocycles. The Morgan fingerprint density at radius 3 is 2.81 bits per heavy atom. The third-order valence-electron chi connectivity index (χ3n) is 5.61. The molecule has 1 aliphatic rings. The Morgan fingerprint density at radius 1 is 1.11 bits per heavy atom. The van der Waals surface area contributed by atoms with Gasteiger partial charge in [0.1, 0.15) is 12.1 Å². The molecule has 138 valence electrons. The number of hydrogen-bond donors (Lipinski definition) is 2. The van der Waals surface area contributed by atoms with Gasteiger partial charge in [0.05, 0.1) is 27.3 Å². The molecule has 2 aromatic heterocycles. The summed E-state index contributed by atoms with van der Waals surface area (Å²) in [7, 11) is 0. The average Bonchev–Trinajstić information content (AvgIpc) is 3.12. The molecule has 6 heteroatoms. The van der Waals surface area contributed by atoms with Crippen LogP contribution in [0.3, 0.4) is 0 Å². The summed E-state index contributed by atoms with van der Waals surface area (Å²) < 4.78 is 1.94. The molecule has 0 unspecified atom stereocenters. The molecule has 2 N–H and O–H groups in total. The van der Waals surface area contributed by atoms with Crippen molar-refractivity contribution in [2.24, 2.45) is 0 Å². The van der Waals surface area contributed by atoms with Gasteiger partial charge in [-0.25, -0.2) is 4.98 Å². The zero-order valence-corrected chi connectivity index (χ0v) is 15.1. The maximum atomic E-state index is 13.2. The van der Waals surface area contributed by atoms with Crippen molar-refractivity contribution in [3.8, 4) is 5.75 Å². The zero-order valence-electron chi connectivity index (χ0n) is 15.1. The molecule has 0 saturated carbocycles. The fourth-order valence-electron chi connectivity index (χ4n) is 4.25. The monoisotopic (exact) mass is 362 g/mol. The third kappa shape index (κ3) is 2.68. The second-order valence-electron chi connectivity index (χ2n) is 7.33. The van der Waals surface area contributed by atoms with Crippen LogP contribution in [0.1, 0.15) is 19.3 Å². The Morgan fingerprint density at radius 2 is 1.96 bits per heavy atom. The summed E-state index contributed by atoms with van der Waals surface area (Å²) in [4.78, 5) is 20.2. The van der Waals surface area contributed by atoms with Crippen LogP contribution in [0.15, 0.2) is 41.5 Å². The summed E-state index contributed by atoms with van der Waals surface area (Å²) in [5.74, 6) is 0.0949. The molecule has 3 heterocycles. The second kappa shape index (κ2) is 6.39. The van der Waals surface area contributed by atoms with E-state index in [1.165, 1.54) is 25.3 Å². The van der Waals surface area contributed by atoms with Crippen LogP contribution < -0.4 is 10.7 Å². The van der Waals surface area contributed by atoms with E-state index in [1.807, 2.05) is 16.5 Å². The van der Waals surface area contributed by atoms with E-state index in [0.29, 0.717) is 10.8 Å². The summed E-state index contributed by atoms with van der Waals surface area (Å²) >= 11 is 0. The van der Waals surface area contributed by atoms with Gasteiger partial charge in [-0.2, -0.15) is 0 Å². The first kappa shape index (κ1) is 16.3. The molecule has 2 aromatic carbocycles. The predicted octanol–water partition coefficient (Wildman–Crippen LogP) is 3.04. The summed E-state index contributed by atoms with van der Waals surface area (Å²) in [6.45, 7) is 4.09. The molecule has 1 saturated heterocycles. The minimum Gasteiger partial charge on any atom is -0.508 e. The van der Waals surface area contributed by atoms with E-state index >= 15 is 0 Å². The number of anilines is 1. The normalized spacial score (nSPS) is 15.9.